The molecule has 0 aromatic rings. The molecule has 0 aliphatic carbocycles. The molecular weight excluding hydrogens is 140 g/mol. The van der Waals surface area contributed by atoms with Gasteiger partial charge in [-0.1, -0.05) is 13.8 Å². The van der Waals surface area contributed by atoms with E-state index in [0.717, 1.165) is 12.0 Å². The van der Waals surface area contributed by atoms with Crippen molar-refractivity contribution in [1.29, 1.82) is 0 Å². The summed E-state index contributed by atoms with van der Waals surface area (Å²) in [5.74, 6) is 0.457. The van der Waals surface area contributed by atoms with Crippen molar-refractivity contribution in [2.45, 2.75) is 39.7 Å². The van der Waals surface area contributed by atoms with Crippen LogP contribution >= 0.6 is 0 Å². The van der Waals surface area contributed by atoms with Gasteiger partial charge in [-0.3, -0.25) is 0 Å². The quantitative estimate of drug-likeness (QED) is 0.637. The zero-order valence-corrected chi connectivity index (χ0v) is 7.85. The molecule has 1 N–H and O–H groups in total. The van der Waals surface area contributed by atoms with Gasteiger partial charge in [0.2, 0.25) is 0 Å². The molecule has 2 nitrogen and oxygen atoms in total. The standard InChI is InChI=1S/C9H18O2/c1-5-8(10)7(3)9(6-2)11-4/h9-10H,5-6H2,1-4H3. The fourth-order valence-corrected chi connectivity index (χ4v) is 1.11. The molecule has 0 saturated heterocycles. The molecule has 0 aliphatic heterocycles. The summed E-state index contributed by atoms with van der Waals surface area (Å²) in [5.41, 5.74) is 0.956. The molecule has 0 radical (unpaired) electrons. The second-order valence-electron chi connectivity index (χ2n) is 2.62. The fourth-order valence-electron chi connectivity index (χ4n) is 1.11. The molecule has 2 heteroatoms. The number of hydrogen-bond donors (Lipinski definition) is 1. The highest BCUT2D eigenvalue weighted by Crippen LogP contribution is 2.14. The molecule has 11 heavy (non-hydrogen) atoms. The molecule has 1 unspecified atom stereocenters. The summed E-state index contributed by atoms with van der Waals surface area (Å²) in [5, 5.41) is 9.36. The molecule has 66 valence electrons. The van der Waals surface area contributed by atoms with E-state index in [0.29, 0.717) is 12.2 Å². The summed E-state index contributed by atoms with van der Waals surface area (Å²) in [7, 11) is 1.67. The normalized spacial score (nSPS) is 16.0. The van der Waals surface area contributed by atoms with E-state index in [1.54, 1.807) is 7.11 Å². The van der Waals surface area contributed by atoms with Crippen LogP contribution in [-0.4, -0.2) is 18.3 Å². The summed E-state index contributed by atoms with van der Waals surface area (Å²) < 4.78 is 5.17. The van der Waals surface area contributed by atoms with Gasteiger partial charge in [0.15, 0.2) is 0 Å². The average molecular weight is 158 g/mol. The Bertz CT molecular complexity index is 134. The Balaban J connectivity index is 4.28. The maximum absolute atomic E-state index is 9.36. The number of aliphatic hydroxyl groups excluding tert-OH is 1. The van der Waals surface area contributed by atoms with Crippen molar-refractivity contribution in [2.24, 2.45) is 0 Å². The third-order valence-electron chi connectivity index (χ3n) is 1.93. The number of allylic oxidation sites excluding steroid dienone is 1. The minimum absolute atomic E-state index is 0.0787. The lowest BCUT2D eigenvalue weighted by atomic mass is 10.1. The van der Waals surface area contributed by atoms with Crippen molar-refractivity contribution in [2.75, 3.05) is 7.11 Å². The average Bonchev–Trinajstić information content (AvgIpc) is 2.05. The van der Waals surface area contributed by atoms with Crippen molar-refractivity contribution >= 4 is 0 Å². The SMILES string of the molecule is CCC(O)=C(C)C(CC)OC. The highest BCUT2D eigenvalue weighted by Gasteiger charge is 2.09. The molecule has 0 aliphatic rings. The van der Waals surface area contributed by atoms with E-state index < -0.39 is 0 Å². The van der Waals surface area contributed by atoms with Gasteiger partial charge in [-0.05, 0) is 18.9 Å². The molecule has 0 fully saturated rings. The van der Waals surface area contributed by atoms with Crippen LogP contribution in [0.5, 0.6) is 0 Å². The van der Waals surface area contributed by atoms with Crippen molar-refractivity contribution in [3.05, 3.63) is 11.3 Å². The molecule has 0 aromatic heterocycles. The van der Waals surface area contributed by atoms with Crippen molar-refractivity contribution in [3.8, 4) is 0 Å². The predicted octanol–water partition coefficient (Wildman–Crippen LogP) is 2.65. The van der Waals surface area contributed by atoms with Crippen LogP contribution in [-0.2, 0) is 4.74 Å². The van der Waals surface area contributed by atoms with Crippen LogP contribution in [0.25, 0.3) is 0 Å². The second kappa shape index (κ2) is 5.19. The van der Waals surface area contributed by atoms with E-state index >= 15 is 0 Å². The zero-order valence-electron chi connectivity index (χ0n) is 7.85. The lowest BCUT2D eigenvalue weighted by molar-refractivity contribution is 0.123. The van der Waals surface area contributed by atoms with E-state index in [9.17, 15) is 5.11 Å². The van der Waals surface area contributed by atoms with E-state index in [1.165, 1.54) is 0 Å². The predicted molar refractivity (Wildman–Crippen MR) is 46.7 cm³/mol. The van der Waals surface area contributed by atoms with E-state index in [-0.39, 0.29) is 6.10 Å². The number of hydrogen-bond acceptors (Lipinski definition) is 2. The highest BCUT2D eigenvalue weighted by atomic mass is 16.5. The minimum Gasteiger partial charge on any atom is -0.512 e. The van der Waals surface area contributed by atoms with Gasteiger partial charge < -0.3 is 9.84 Å². The Labute approximate surface area is 68.9 Å². The lowest BCUT2D eigenvalue weighted by Crippen LogP contribution is -2.12. The van der Waals surface area contributed by atoms with Crippen LogP contribution in [0, 0.1) is 0 Å². The molecular formula is C9H18O2. The highest BCUT2D eigenvalue weighted by molar-refractivity contribution is 5.09. The maximum atomic E-state index is 9.36. The summed E-state index contributed by atoms with van der Waals surface area (Å²) in [6.45, 7) is 5.89. The molecule has 0 bridgehead atoms. The largest absolute Gasteiger partial charge is 0.512 e. The molecule has 0 saturated carbocycles. The summed E-state index contributed by atoms with van der Waals surface area (Å²) in [6.07, 6.45) is 1.67. The summed E-state index contributed by atoms with van der Waals surface area (Å²) >= 11 is 0. The van der Waals surface area contributed by atoms with E-state index in [1.807, 2.05) is 20.8 Å². The molecule has 0 amide bonds. The Hall–Kier alpha value is -0.500. The van der Waals surface area contributed by atoms with E-state index in [4.69, 9.17) is 4.74 Å². The summed E-state index contributed by atoms with van der Waals surface area (Å²) in [6, 6.07) is 0. The Kier molecular flexibility index (Phi) is 4.95. The zero-order chi connectivity index (χ0) is 8.85. The Morgan fingerprint density at radius 1 is 1.45 bits per heavy atom. The van der Waals surface area contributed by atoms with Crippen LogP contribution in [0.3, 0.4) is 0 Å². The number of methoxy groups -OCH3 is 1. The van der Waals surface area contributed by atoms with Gasteiger partial charge >= 0.3 is 0 Å². The first-order chi connectivity index (χ1) is 5.17. The van der Waals surface area contributed by atoms with Gasteiger partial charge in [0.1, 0.15) is 0 Å². The summed E-state index contributed by atoms with van der Waals surface area (Å²) in [4.78, 5) is 0. The number of aliphatic hydroxyl groups is 1. The Morgan fingerprint density at radius 2 is 2.00 bits per heavy atom. The molecule has 0 rings (SSSR count). The molecule has 0 heterocycles. The van der Waals surface area contributed by atoms with Crippen LogP contribution in [0.1, 0.15) is 33.6 Å². The van der Waals surface area contributed by atoms with Gasteiger partial charge in [-0.2, -0.15) is 0 Å². The number of rotatable bonds is 4. The maximum Gasteiger partial charge on any atom is 0.0934 e. The fraction of sp³-hybridized carbons (Fsp3) is 0.778. The van der Waals surface area contributed by atoms with Crippen molar-refractivity contribution in [3.63, 3.8) is 0 Å². The first kappa shape index (κ1) is 10.5. The van der Waals surface area contributed by atoms with Gasteiger partial charge in [0.05, 0.1) is 11.9 Å². The molecule has 1 atom stereocenters. The first-order valence-corrected chi connectivity index (χ1v) is 4.08. The second-order valence-corrected chi connectivity index (χ2v) is 2.62. The lowest BCUT2D eigenvalue weighted by Gasteiger charge is -2.14. The topological polar surface area (TPSA) is 29.5 Å². The molecule has 0 aromatic carbocycles. The van der Waals surface area contributed by atoms with Gasteiger partial charge in [0.25, 0.3) is 0 Å². The van der Waals surface area contributed by atoms with Crippen molar-refractivity contribution < 1.29 is 9.84 Å². The third-order valence-corrected chi connectivity index (χ3v) is 1.93. The number of ether oxygens (including phenoxy) is 1. The Morgan fingerprint density at radius 3 is 2.27 bits per heavy atom. The third kappa shape index (κ3) is 2.93. The van der Waals surface area contributed by atoms with Gasteiger partial charge in [-0.25, -0.2) is 0 Å². The van der Waals surface area contributed by atoms with Crippen LogP contribution in [0.2, 0.25) is 0 Å². The van der Waals surface area contributed by atoms with Crippen LogP contribution in [0.15, 0.2) is 11.3 Å². The van der Waals surface area contributed by atoms with E-state index in [2.05, 4.69) is 0 Å². The van der Waals surface area contributed by atoms with Crippen LogP contribution in [0.4, 0.5) is 0 Å². The molecule has 0 spiro atoms. The smallest absolute Gasteiger partial charge is 0.0934 e. The van der Waals surface area contributed by atoms with Gasteiger partial charge in [-0.15, -0.1) is 0 Å². The minimum atomic E-state index is 0.0787. The van der Waals surface area contributed by atoms with Gasteiger partial charge in [0, 0.05) is 13.5 Å². The van der Waals surface area contributed by atoms with Crippen LogP contribution < -0.4 is 0 Å². The monoisotopic (exact) mass is 158 g/mol. The van der Waals surface area contributed by atoms with Crippen molar-refractivity contribution in [1.82, 2.24) is 0 Å². The first-order valence-electron chi connectivity index (χ1n) is 4.08.